The van der Waals surface area contributed by atoms with Crippen LogP contribution >= 0.6 is 11.6 Å². The summed E-state index contributed by atoms with van der Waals surface area (Å²) >= 11 is 6.53. The molecule has 6 nitrogen and oxygen atoms in total. The fourth-order valence-corrected chi connectivity index (χ4v) is 4.63. The molecule has 0 bridgehead atoms. The van der Waals surface area contributed by atoms with Gasteiger partial charge in [-0.3, -0.25) is 0 Å². The van der Waals surface area contributed by atoms with Crippen molar-refractivity contribution in [2.24, 2.45) is 0 Å². The zero-order valence-corrected chi connectivity index (χ0v) is 17.5. The molecular weight excluding hydrogens is 408 g/mol. The quantitative estimate of drug-likeness (QED) is 0.587. The van der Waals surface area contributed by atoms with Crippen LogP contribution in [0.15, 0.2) is 36.4 Å². The summed E-state index contributed by atoms with van der Waals surface area (Å²) in [6, 6.07) is 11.8. The molecule has 7 heteroatoms. The Labute approximate surface area is 180 Å². The maximum Gasteiger partial charge on any atom is 0.129 e. The summed E-state index contributed by atoms with van der Waals surface area (Å²) in [6.07, 6.45) is -3.42. The lowest BCUT2D eigenvalue weighted by Crippen LogP contribution is -2.64. The molecule has 2 heterocycles. The van der Waals surface area contributed by atoms with Crippen molar-refractivity contribution in [1.29, 1.82) is 0 Å². The lowest BCUT2D eigenvalue weighted by atomic mass is 9.76. The van der Waals surface area contributed by atoms with Crippen LogP contribution in [-0.2, 0) is 23.2 Å². The number of halogens is 1. The average molecular weight is 435 g/mol. The van der Waals surface area contributed by atoms with Crippen molar-refractivity contribution < 1.29 is 29.9 Å². The summed E-state index contributed by atoms with van der Waals surface area (Å²) in [5.41, 5.74) is 2.44. The minimum absolute atomic E-state index is 0.249. The average Bonchev–Trinajstić information content (AvgIpc) is 2.76. The fraction of sp³-hybridized carbons (Fsp3) is 0.478. The SMILES string of the molecule is CCc1ccc(Cc2cc3c(cc2Cl)OCCC32O[C@H](CO)[C@@H](O)[C@H](O)[C@H]2O)cc1. The summed E-state index contributed by atoms with van der Waals surface area (Å²) in [5, 5.41) is 41.7. The van der Waals surface area contributed by atoms with Gasteiger partial charge in [-0.15, -0.1) is 0 Å². The van der Waals surface area contributed by atoms with Crippen molar-refractivity contribution in [2.45, 2.75) is 56.2 Å². The number of rotatable bonds is 4. The Balaban J connectivity index is 1.74. The minimum atomic E-state index is -1.46. The van der Waals surface area contributed by atoms with Crippen molar-refractivity contribution >= 4 is 11.6 Å². The second-order valence-corrected chi connectivity index (χ2v) is 8.45. The highest BCUT2D eigenvalue weighted by atomic mass is 35.5. The predicted octanol–water partition coefficient (Wildman–Crippen LogP) is 1.94. The molecule has 1 fully saturated rings. The Morgan fingerprint density at radius 3 is 2.43 bits per heavy atom. The zero-order valence-electron chi connectivity index (χ0n) is 16.8. The third-order valence-electron chi connectivity index (χ3n) is 6.24. The first-order valence-electron chi connectivity index (χ1n) is 10.3. The van der Waals surface area contributed by atoms with E-state index in [4.69, 9.17) is 21.1 Å². The van der Waals surface area contributed by atoms with E-state index in [1.54, 1.807) is 6.07 Å². The molecule has 5 atom stereocenters. The molecule has 4 rings (SSSR count). The number of benzene rings is 2. The number of aliphatic hydroxyl groups is 4. The van der Waals surface area contributed by atoms with Crippen LogP contribution in [0, 0.1) is 0 Å². The topological polar surface area (TPSA) is 99.4 Å². The lowest BCUT2D eigenvalue weighted by molar-refractivity contribution is -0.286. The van der Waals surface area contributed by atoms with Crippen molar-refractivity contribution in [3.05, 3.63) is 63.7 Å². The van der Waals surface area contributed by atoms with Gasteiger partial charge in [-0.2, -0.15) is 0 Å². The Kier molecular flexibility index (Phi) is 6.08. The Morgan fingerprint density at radius 1 is 1.07 bits per heavy atom. The van der Waals surface area contributed by atoms with E-state index in [1.807, 2.05) is 6.07 Å². The minimum Gasteiger partial charge on any atom is -0.493 e. The van der Waals surface area contributed by atoms with Crippen molar-refractivity contribution in [3.8, 4) is 5.75 Å². The second-order valence-electron chi connectivity index (χ2n) is 8.04. The zero-order chi connectivity index (χ0) is 21.5. The molecule has 4 N–H and O–H groups in total. The van der Waals surface area contributed by atoms with Gasteiger partial charge in [-0.05, 0) is 41.7 Å². The number of aryl methyl sites for hydroxylation is 1. The largest absolute Gasteiger partial charge is 0.493 e. The summed E-state index contributed by atoms with van der Waals surface area (Å²) in [5.74, 6) is 0.468. The molecule has 2 aromatic carbocycles. The van der Waals surface area contributed by atoms with Crippen LogP contribution in [-0.4, -0.2) is 58.1 Å². The summed E-state index contributed by atoms with van der Waals surface area (Å²) in [4.78, 5) is 0. The van der Waals surface area contributed by atoms with E-state index in [0.29, 0.717) is 22.8 Å². The standard InChI is InChI=1S/C23H27ClO6/c1-2-13-3-5-14(6-4-13)9-15-10-16-18(11-17(15)24)29-8-7-23(16)22(28)21(27)20(26)19(12-25)30-23/h3-6,10-11,19-22,25-28H,2,7-9,12H2,1H3/t19-,20-,21+,22-,23?/m1/s1. The summed E-state index contributed by atoms with van der Waals surface area (Å²) in [7, 11) is 0. The van der Waals surface area contributed by atoms with Gasteiger partial charge in [-0.1, -0.05) is 42.8 Å². The molecular formula is C23H27ClO6. The smallest absolute Gasteiger partial charge is 0.129 e. The number of hydrogen-bond donors (Lipinski definition) is 4. The van der Waals surface area contributed by atoms with E-state index in [9.17, 15) is 20.4 Å². The first-order chi connectivity index (χ1) is 14.4. The van der Waals surface area contributed by atoms with E-state index in [-0.39, 0.29) is 13.0 Å². The molecule has 0 amide bonds. The van der Waals surface area contributed by atoms with Gasteiger partial charge < -0.3 is 29.9 Å². The number of fused-ring (bicyclic) bond motifs is 2. The highest BCUT2D eigenvalue weighted by Gasteiger charge is 2.56. The fourth-order valence-electron chi connectivity index (χ4n) is 4.41. The third kappa shape index (κ3) is 3.62. The van der Waals surface area contributed by atoms with E-state index in [0.717, 1.165) is 17.5 Å². The Morgan fingerprint density at radius 2 is 1.77 bits per heavy atom. The highest BCUT2D eigenvalue weighted by Crippen LogP contribution is 2.48. The molecule has 2 aromatic rings. The Hall–Kier alpha value is -1.67. The first-order valence-corrected chi connectivity index (χ1v) is 10.6. The molecule has 1 saturated heterocycles. The van der Waals surface area contributed by atoms with E-state index >= 15 is 0 Å². The lowest BCUT2D eigenvalue weighted by Gasteiger charge is -2.50. The van der Waals surface area contributed by atoms with Gasteiger partial charge in [0.05, 0.1) is 13.2 Å². The summed E-state index contributed by atoms with van der Waals surface area (Å²) < 4.78 is 11.8. The molecule has 0 aromatic heterocycles. The molecule has 1 unspecified atom stereocenters. The predicted molar refractivity (Wildman–Crippen MR) is 112 cm³/mol. The normalized spacial score (nSPS) is 30.7. The van der Waals surface area contributed by atoms with Gasteiger partial charge >= 0.3 is 0 Å². The maximum atomic E-state index is 10.9. The molecule has 162 valence electrons. The molecule has 0 saturated carbocycles. The van der Waals surface area contributed by atoms with Crippen LogP contribution in [0.3, 0.4) is 0 Å². The van der Waals surface area contributed by atoms with Gasteiger partial charge in [-0.25, -0.2) is 0 Å². The van der Waals surface area contributed by atoms with E-state index < -0.39 is 36.6 Å². The number of ether oxygens (including phenoxy) is 2. The highest BCUT2D eigenvalue weighted by molar-refractivity contribution is 6.31. The third-order valence-corrected chi connectivity index (χ3v) is 6.59. The number of aliphatic hydroxyl groups excluding tert-OH is 4. The van der Waals surface area contributed by atoms with Crippen LogP contribution in [0.5, 0.6) is 5.75 Å². The monoisotopic (exact) mass is 434 g/mol. The van der Waals surface area contributed by atoms with Crippen LogP contribution < -0.4 is 4.74 Å². The maximum absolute atomic E-state index is 10.9. The molecule has 0 aliphatic carbocycles. The van der Waals surface area contributed by atoms with E-state index in [2.05, 4.69) is 31.2 Å². The Bertz CT molecular complexity index is 899. The molecule has 30 heavy (non-hydrogen) atoms. The van der Waals surface area contributed by atoms with Gasteiger partial charge in [0.1, 0.15) is 35.8 Å². The van der Waals surface area contributed by atoms with Crippen molar-refractivity contribution in [3.63, 3.8) is 0 Å². The number of hydrogen-bond acceptors (Lipinski definition) is 6. The van der Waals surface area contributed by atoms with Crippen molar-refractivity contribution in [2.75, 3.05) is 13.2 Å². The van der Waals surface area contributed by atoms with E-state index in [1.165, 1.54) is 5.56 Å². The summed E-state index contributed by atoms with van der Waals surface area (Å²) in [6.45, 7) is 1.88. The van der Waals surface area contributed by atoms with Crippen LogP contribution in [0.4, 0.5) is 0 Å². The van der Waals surface area contributed by atoms with Crippen molar-refractivity contribution in [1.82, 2.24) is 0 Å². The molecule has 2 aliphatic heterocycles. The molecule has 1 spiro atoms. The molecule has 2 aliphatic rings. The van der Waals surface area contributed by atoms with Crippen LogP contribution in [0.25, 0.3) is 0 Å². The second kappa shape index (κ2) is 8.46. The van der Waals surface area contributed by atoms with Gasteiger partial charge in [0.25, 0.3) is 0 Å². The van der Waals surface area contributed by atoms with Gasteiger partial charge in [0, 0.05) is 17.0 Å². The molecule has 0 radical (unpaired) electrons. The first kappa shape index (κ1) is 21.6. The van der Waals surface area contributed by atoms with Gasteiger partial charge in [0.2, 0.25) is 0 Å². The van der Waals surface area contributed by atoms with Gasteiger partial charge in [0.15, 0.2) is 0 Å². The van der Waals surface area contributed by atoms with Crippen LogP contribution in [0.1, 0.15) is 35.6 Å². The van der Waals surface area contributed by atoms with Crippen LogP contribution in [0.2, 0.25) is 5.02 Å².